The average Bonchev–Trinajstić information content (AvgIpc) is 3.37. The molecule has 1 fully saturated rings. The van der Waals surface area contributed by atoms with Crippen molar-refractivity contribution in [1.29, 1.82) is 0 Å². The highest BCUT2D eigenvalue weighted by molar-refractivity contribution is 5.94. The van der Waals surface area contributed by atoms with Gasteiger partial charge in [-0.3, -0.25) is 4.90 Å². The van der Waals surface area contributed by atoms with Crippen molar-refractivity contribution in [2.45, 2.75) is 20.5 Å². The van der Waals surface area contributed by atoms with Crippen molar-refractivity contribution < 1.29 is 19.1 Å². The number of amides is 2. The van der Waals surface area contributed by atoms with Gasteiger partial charge in [0.2, 0.25) is 0 Å². The first kappa shape index (κ1) is 19.9. The van der Waals surface area contributed by atoms with Crippen LogP contribution in [0.15, 0.2) is 47.0 Å². The number of carbonyl (C=O) groups is 1. The minimum Gasteiger partial charge on any atom is -0.423 e. The number of anilines is 3. The highest BCUT2D eigenvalue weighted by atomic mass is 16.6. The minimum absolute atomic E-state index is 0.0907. The van der Waals surface area contributed by atoms with Gasteiger partial charge in [-0.2, -0.15) is 0 Å². The normalized spacial score (nSPS) is 13.6. The Labute approximate surface area is 174 Å². The third-order valence-corrected chi connectivity index (χ3v) is 4.92. The van der Waals surface area contributed by atoms with E-state index in [2.05, 4.69) is 15.6 Å². The maximum Gasteiger partial charge on any atom is 0.321 e. The Kier molecular flexibility index (Phi) is 5.69. The van der Waals surface area contributed by atoms with Crippen molar-refractivity contribution >= 4 is 23.4 Å². The van der Waals surface area contributed by atoms with E-state index in [1.54, 1.807) is 11.1 Å². The van der Waals surface area contributed by atoms with Crippen LogP contribution in [0.4, 0.5) is 22.2 Å². The standard InChI is InChI=1S/C22H24N4O4/c1-14-7-17(10-18(8-14)26-6-5-23-22(26)28)20-11-24-21(30-20)25-19-9-16(12-29-13-27)4-3-15(19)2/h3-4,7-11,27H,5-6,12-13H2,1-2H3,(H,23,28)(H,24,25). The third kappa shape index (κ3) is 4.29. The number of oxazole rings is 1. The van der Waals surface area contributed by atoms with Crippen LogP contribution in [0.3, 0.4) is 0 Å². The molecule has 1 saturated heterocycles. The maximum atomic E-state index is 12.0. The highest BCUT2D eigenvalue weighted by Gasteiger charge is 2.22. The van der Waals surface area contributed by atoms with E-state index in [0.29, 0.717) is 31.5 Å². The summed E-state index contributed by atoms with van der Waals surface area (Å²) in [5, 5.41) is 14.9. The Hall–Kier alpha value is -3.36. The molecule has 30 heavy (non-hydrogen) atoms. The zero-order chi connectivity index (χ0) is 21.1. The minimum atomic E-state index is -0.322. The molecular formula is C22H24N4O4. The molecule has 1 aliphatic heterocycles. The van der Waals surface area contributed by atoms with Gasteiger partial charge < -0.3 is 24.9 Å². The Morgan fingerprint density at radius 1 is 1.27 bits per heavy atom. The van der Waals surface area contributed by atoms with E-state index in [-0.39, 0.29) is 12.8 Å². The number of hydrogen-bond acceptors (Lipinski definition) is 6. The van der Waals surface area contributed by atoms with Crippen molar-refractivity contribution in [2.75, 3.05) is 30.1 Å². The Morgan fingerprint density at radius 3 is 2.90 bits per heavy atom. The van der Waals surface area contributed by atoms with Gasteiger partial charge in [-0.25, -0.2) is 9.78 Å². The van der Waals surface area contributed by atoms with Gasteiger partial charge in [0.1, 0.15) is 6.79 Å². The van der Waals surface area contributed by atoms with Crippen LogP contribution in [0, 0.1) is 13.8 Å². The van der Waals surface area contributed by atoms with Crippen LogP contribution in [0.5, 0.6) is 0 Å². The fourth-order valence-corrected chi connectivity index (χ4v) is 3.42. The van der Waals surface area contributed by atoms with Crippen LogP contribution < -0.4 is 15.5 Å². The number of hydrogen-bond donors (Lipinski definition) is 3. The lowest BCUT2D eigenvalue weighted by molar-refractivity contribution is -0.0112. The summed E-state index contributed by atoms with van der Waals surface area (Å²) in [4.78, 5) is 18.1. The molecule has 0 radical (unpaired) electrons. The van der Waals surface area contributed by atoms with Crippen LogP contribution in [0.25, 0.3) is 11.3 Å². The van der Waals surface area contributed by atoms with Gasteiger partial charge in [-0.15, -0.1) is 0 Å². The first-order chi connectivity index (χ1) is 14.5. The van der Waals surface area contributed by atoms with Crippen LogP contribution in [0.1, 0.15) is 16.7 Å². The summed E-state index contributed by atoms with van der Waals surface area (Å²) >= 11 is 0. The Balaban J connectivity index is 1.56. The van der Waals surface area contributed by atoms with Gasteiger partial charge in [-0.1, -0.05) is 12.1 Å². The molecule has 3 N–H and O–H groups in total. The summed E-state index contributed by atoms with van der Waals surface area (Å²) in [6.07, 6.45) is 1.67. The summed E-state index contributed by atoms with van der Waals surface area (Å²) in [6, 6.07) is 12.0. The van der Waals surface area contributed by atoms with Gasteiger partial charge in [-0.05, 0) is 54.8 Å². The molecule has 8 nitrogen and oxygen atoms in total. The zero-order valence-corrected chi connectivity index (χ0v) is 16.9. The fourth-order valence-electron chi connectivity index (χ4n) is 3.42. The van der Waals surface area contributed by atoms with Crippen molar-refractivity contribution in [3.8, 4) is 11.3 Å². The quantitative estimate of drug-likeness (QED) is 0.516. The molecule has 2 aromatic carbocycles. The second-order valence-corrected chi connectivity index (χ2v) is 7.22. The van der Waals surface area contributed by atoms with E-state index in [9.17, 15) is 4.79 Å². The molecule has 3 aromatic rings. The molecule has 8 heteroatoms. The number of benzene rings is 2. The number of nitrogens with one attached hydrogen (secondary N) is 2. The lowest BCUT2D eigenvalue weighted by Crippen LogP contribution is -2.27. The molecule has 156 valence electrons. The number of aliphatic hydroxyl groups is 1. The largest absolute Gasteiger partial charge is 0.423 e. The predicted octanol–water partition coefficient (Wildman–Crippen LogP) is 3.70. The first-order valence-electron chi connectivity index (χ1n) is 9.72. The Bertz CT molecular complexity index is 1060. The third-order valence-electron chi connectivity index (χ3n) is 4.92. The maximum absolute atomic E-state index is 12.0. The molecule has 2 heterocycles. The fraction of sp³-hybridized carbons (Fsp3) is 0.273. The van der Waals surface area contributed by atoms with E-state index in [4.69, 9.17) is 14.3 Å². The van der Waals surface area contributed by atoms with Gasteiger partial charge in [0.25, 0.3) is 6.01 Å². The van der Waals surface area contributed by atoms with Crippen molar-refractivity contribution in [1.82, 2.24) is 10.3 Å². The molecule has 0 aliphatic carbocycles. The second-order valence-electron chi connectivity index (χ2n) is 7.22. The van der Waals surface area contributed by atoms with Gasteiger partial charge in [0.05, 0.1) is 12.8 Å². The smallest absolute Gasteiger partial charge is 0.321 e. The summed E-state index contributed by atoms with van der Waals surface area (Å²) in [6.45, 7) is 5.24. The van der Waals surface area contributed by atoms with Crippen molar-refractivity contribution in [3.63, 3.8) is 0 Å². The van der Waals surface area contributed by atoms with E-state index < -0.39 is 0 Å². The number of aliphatic hydroxyl groups excluding tert-OH is 1. The zero-order valence-electron chi connectivity index (χ0n) is 16.9. The number of carbonyl (C=O) groups excluding carboxylic acids is 1. The van der Waals surface area contributed by atoms with Gasteiger partial charge >= 0.3 is 6.03 Å². The summed E-state index contributed by atoms with van der Waals surface area (Å²) in [7, 11) is 0. The van der Waals surface area contributed by atoms with E-state index >= 15 is 0 Å². The number of rotatable bonds is 7. The van der Waals surface area contributed by atoms with Crippen LogP contribution in [-0.4, -0.2) is 36.0 Å². The first-order valence-corrected chi connectivity index (χ1v) is 9.72. The molecular weight excluding hydrogens is 384 g/mol. The lowest BCUT2D eigenvalue weighted by Gasteiger charge is -2.16. The number of aryl methyl sites for hydroxylation is 2. The molecule has 0 atom stereocenters. The van der Waals surface area contributed by atoms with Crippen molar-refractivity contribution in [2.24, 2.45) is 0 Å². The monoisotopic (exact) mass is 408 g/mol. The number of aromatic nitrogens is 1. The van der Waals surface area contributed by atoms with Gasteiger partial charge in [0.15, 0.2) is 5.76 Å². The van der Waals surface area contributed by atoms with E-state index in [0.717, 1.165) is 33.6 Å². The van der Waals surface area contributed by atoms with Crippen molar-refractivity contribution in [3.05, 3.63) is 59.3 Å². The number of ether oxygens (including phenoxy) is 1. The van der Waals surface area contributed by atoms with Crippen LogP contribution in [-0.2, 0) is 11.3 Å². The predicted molar refractivity (Wildman–Crippen MR) is 114 cm³/mol. The van der Waals surface area contributed by atoms with Gasteiger partial charge in [0, 0.05) is 30.0 Å². The lowest BCUT2D eigenvalue weighted by atomic mass is 10.1. The summed E-state index contributed by atoms with van der Waals surface area (Å²) in [5.74, 6) is 0.611. The molecule has 0 spiro atoms. The van der Waals surface area contributed by atoms with E-state index in [1.165, 1.54) is 0 Å². The SMILES string of the molecule is Cc1cc(-c2cnc(Nc3cc(COCO)ccc3C)o2)cc(N2CCNC2=O)c1. The molecule has 2 amide bonds. The average molecular weight is 408 g/mol. The number of urea groups is 1. The van der Waals surface area contributed by atoms with E-state index in [1.807, 2.05) is 50.2 Å². The molecule has 1 aliphatic rings. The van der Waals surface area contributed by atoms with Crippen LogP contribution >= 0.6 is 0 Å². The summed E-state index contributed by atoms with van der Waals surface area (Å²) < 4.78 is 11.0. The molecule has 0 saturated carbocycles. The molecule has 1 aromatic heterocycles. The second kappa shape index (κ2) is 8.56. The molecule has 0 bridgehead atoms. The Morgan fingerprint density at radius 2 is 2.13 bits per heavy atom. The topological polar surface area (TPSA) is 99.9 Å². The highest BCUT2D eigenvalue weighted by Crippen LogP contribution is 2.30. The number of nitrogens with zero attached hydrogens (tertiary/aromatic N) is 2. The molecule has 0 unspecified atom stereocenters. The summed E-state index contributed by atoms with van der Waals surface area (Å²) in [5.41, 5.74) is 5.52. The van der Waals surface area contributed by atoms with Crippen LogP contribution in [0.2, 0.25) is 0 Å². The molecule has 4 rings (SSSR count).